The number of amides is 1. The van der Waals surface area contributed by atoms with Crippen molar-refractivity contribution in [2.45, 2.75) is 32.7 Å². The van der Waals surface area contributed by atoms with Gasteiger partial charge in [-0.2, -0.15) is 26.3 Å². The first kappa shape index (κ1) is 19.9. The van der Waals surface area contributed by atoms with E-state index in [1.165, 1.54) is 13.8 Å². The monoisotopic (exact) mass is 379 g/mol. The molecular weight excluding hydrogens is 364 g/mol. The second kappa shape index (κ2) is 7.05. The van der Waals surface area contributed by atoms with E-state index in [-0.39, 0.29) is 6.54 Å². The first-order chi connectivity index (χ1) is 11.9. The van der Waals surface area contributed by atoms with E-state index in [0.717, 1.165) is 0 Å². The average Bonchev–Trinajstić information content (AvgIpc) is 2.49. The van der Waals surface area contributed by atoms with Gasteiger partial charge in [0.05, 0.1) is 18.3 Å². The molecule has 26 heavy (non-hydrogen) atoms. The summed E-state index contributed by atoms with van der Waals surface area (Å²) in [5, 5.41) is 0. The third kappa shape index (κ3) is 4.59. The molecule has 3 nitrogen and oxygen atoms in total. The van der Waals surface area contributed by atoms with Gasteiger partial charge in [0.1, 0.15) is 0 Å². The van der Waals surface area contributed by atoms with Crippen LogP contribution >= 0.6 is 0 Å². The molecule has 0 spiro atoms. The average molecular weight is 379 g/mol. The Morgan fingerprint density at radius 3 is 2.12 bits per heavy atom. The maximum absolute atomic E-state index is 13.4. The number of nitrogens with zero attached hydrogens (tertiary/aromatic N) is 1. The highest BCUT2D eigenvalue weighted by Gasteiger charge is 2.47. The van der Waals surface area contributed by atoms with E-state index < -0.39 is 47.5 Å². The number of alkyl halides is 6. The first-order valence-corrected chi connectivity index (χ1v) is 7.54. The Kier molecular flexibility index (Phi) is 5.39. The van der Waals surface area contributed by atoms with Gasteiger partial charge in [0, 0.05) is 0 Å². The molecule has 1 aromatic rings. The van der Waals surface area contributed by atoms with Crippen LogP contribution in [0.5, 0.6) is 0 Å². The summed E-state index contributed by atoms with van der Waals surface area (Å²) in [5.41, 5.74) is -0.0422. The Bertz CT molecular complexity index is 732. The molecule has 0 unspecified atom stereocenters. The van der Waals surface area contributed by atoms with E-state index >= 15 is 0 Å². The largest absolute Gasteiger partial charge is 0.451 e. The topological polar surface area (TPSA) is 29.5 Å². The molecule has 0 radical (unpaired) electrons. The zero-order valence-electron chi connectivity index (χ0n) is 13.8. The molecule has 2 rings (SSSR count). The molecule has 0 saturated carbocycles. The molecule has 0 saturated heterocycles. The van der Waals surface area contributed by atoms with Crippen LogP contribution in [0.15, 0.2) is 53.6 Å². The second-order valence-corrected chi connectivity index (χ2v) is 5.90. The van der Waals surface area contributed by atoms with Crippen molar-refractivity contribution >= 4 is 5.91 Å². The highest BCUT2D eigenvalue weighted by molar-refractivity contribution is 5.94. The highest BCUT2D eigenvalue weighted by Crippen LogP contribution is 2.40. The van der Waals surface area contributed by atoms with Gasteiger partial charge in [-0.05, 0) is 11.5 Å². The number of halogens is 6. The molecule has 0 fully saturated rings. The Hall–Kier alpha value is -2.45. The van der Waals surface area contributed by atoms with Crippen molar-refractivity contribution in [2.75, 3.05) is 0 Å². The van der Waals surface area contributed by atoms with Gasteiger partial charge in [-0.25, -0.2) is 0 Å². The van der Waals surface area contributed by atoms with Gasteiger partial charge in [-0.3, -0.25) is 4.79 Å². The standard InChI is InChI=1S/C17H15F6NO2/c1-10(2)13-14(17(21,22)23)26-12(8-16(18,19)20)15(25)24(13)9-11-6-4-3-5-7-11/h3-8,10H,9H2,1-2H3/b12-8-. The number of allylic oxidation sites excluding steroid dienone is 3. The molecule has 0 N–H and O–H groups in total. The minimum atomic E-state index is -5.06. The van der Waals surface area contributed by atoms with Crippen molar-refractivity contribution in [3.05, 3.63) is 59.2 Å². The predicted molar refractivity (Wildman–Crippen MR) is 80.1 cm³/mol. The quantitative estimate of drug-likeness (QED) is 0.551. The zero-order chi connectivity index (χ0) is 19.7. The molecule has 1 aromatic carbocycles. The normalized spacial score (nSPS) is 18.0. The van der Waals surface area contributed by atoms with Gasteiger partial charge < -0.3 is 9.64 Å². The number of ether oxygens (including phenoxy) is 1. The third-order valence-electron chi connectivity index (χ3n) is 3.47. The van der Waals surface area contributed by atoms with E-state index in [4.69, 9.17) is 0 Å². The van der Waals surface area contributed by atoms with E-state index in [9.17, 15) is 31.1 Å². The summed E-state index contributed by atoms with van der Waals surface area (Å²) in [6.07, 6.45) is -10.6. The Morgan fingerprint density at radius 2 is 1.65 bits per heavy atom. The van der Waals surface area contributed by atoms with Crippen molar-refractivity contribution in [1.82, 2.24) is 4.90 Å². The minimum Gasteiger partial charge on any atom is -0.444 e. The number of rotatable bonds is 3. The van der Waals surface area contributed by atoms with Gasteiger partial charge in [0.15, 0.2) is 5.76 Å². The summed E-state index contributed by atoms with van der Waals surface area (Å²) in [7, 11) is 0. The van der Waals surface area contributed by atoms with Crippen LogP contribution in [0.25, 0.3) is 0 Å². The SMILES string of the molecule is CC(C)C1=C(C(F)(F)F)O/C(=C\C(F)(F)F)C(=O)N1Cc1ccccc1. The summed E-state index contributed by atoms with van der Waals surface area (Å²) < 4.78 is 82.4. The highest BCUT2D eigenvalue weighted by atomic mass is 19.4. The fourth-order valence-corrected chi connectivity index (χ4v) is 2.51. The van der Waals surface area contributed by atoms with Crippen LogP contribution < -0.4 is 0 Å². The summed E-state index contributed by atoms with van der Waals surface area (Å²) >= 11 is 0. The maximum atomic E-state index is 13.4. The lowest BCUT2D eigenvalue weighted by Gasteiger charge is -2.35. The van der Waals surface area contributed by atoms with Crippen molar-refractivity contribution in [3.8, 4) is 0 Å². The molecule has 142 valence electrons. The predicted octanol–water partition coefficient (Wildman–Crippen LogP) is 4.92. The number of carbonyl (C=O) groups is 1. The summed E-state index contributed by atoms with van der Waals surface area (Å²) in [6.45, 7) is 2.48. The van der Waals surface area contributed by atoms with Crippen LogP contribution in [0.4, 0.5) is 26.3 Å². The molecule has 0 atom stereocenters. The van der Waals surface area contributed by atoms with Crippen LogP contribution in [-0.4, -0.2) is 23.2 Å². The molecular formula is C17H15F6NO2. The smallest absolute Gasteiger partial charge is 0.444 e. The van der Waals surface area contributed by atoms with E-state index in [1.54, 1.807) is 30.3 Å². The summed E-state index contributed by atoms with van der Waals surface area (Å²) in [4.78, 5) is 13.1. The number of hydrogen-bond donors (Lipinski definition) is 0. The van der Waals surface area contributed by atoms with Crippen LogP contribution in [0.2, 0.25) is 0 Å². The lowest BCUT2D eigenvalue weighted by atomic mass is 10.0. The van der Waals surface area contributed by atoms with Gasteiger partial charge in [-0.15, -0.1) is 0 Å². The van der Waals surface area contributed by atoms with Gasteiger partial charge in [0.25, 0.3) is 5.91 Å². The Labute approximate surface area is 145 Å². The van der Waals surface area contributed by atoms with Crippen LogP contribution in [-0.2, 0) is 16.1 Å². The lowest BCUT2D eigenvalue weighted by molar-refractivity contribution is -0.150. The molecule has 9 heteroatoms. The van der Waals surface area contributed by atoms with Crippen molar-refractivity contribution < 1.29 is 35.9 Å². The van der Waals surface area contributed by atoms with E-state index in [0.29, 0.717) is 10.5 Å². The van der Waals surface area contributed by atoms with E-state index in [1.807, 2.05) is 0 Å². The molecule has 1 heterocycles. The van der Waals surface area contributed by atoms with E-state index in [2.05, 4.69) is 4.74 Å². The zero-order valence-corrected chi connectivity index (χ0v) is 13.8. The van der Waals surface area contributed by atoms with Gasteiger partial charge in [0.2, 0.25) is 5.76 Å². The molecule has 0 aliphatic carbocycles. The minimum absolute atomic E-state index is 0.314. The third-order valence-corrected chi connectivity index (χ3v) is 3.47. The first-order valence-electron chi connectivity index (χ1n) is 7.54. The number of benzene rings is 1. The fraction of sp³-hybridized carbons (Fsp3) is 0.353. The molecule has 1 aliphatic heterocycles. The van der Waals surface area contributed by atoms with Gasteiger partial charge in [-0.1, -0.05) is 44.2 Å². The Morgan fingerprint density at radius 1 is 1.08 bits per heavy atom. The molecule has 1 amide bonds. The molecule has 0 bridgehead atoms. The number of hydrogen-bond acceptors (Lipinski definition) is 2. The summed E-state index contributed by atoms with van der Waals surface area (Å²) in [5.74, 6) is -5.11. The van der Waals surface area contributed by atoms with Gasteiger partial charge >= 0.3 is 12.4 Å². The molecule has 1 aliphatic rings. The second-order valence-electron chi connectivity index (χ2n) is 5.90. The van der Waals surface area contributed by atoms with Crippen molar-refractivity contribution in [2.24, 2.45) is 5.92 Å². The Balaban J connectivity index is 2.61. The summed E-state index contributed by atoms with van der Waals surface area (Å²) in [6, 6.07) is 7.99. The molecule has 0 aromatic heterocycles. The number of carbonyl (C=O) groups excluding carboxylic acids is 1. The van der Waals surface area contributed by atoms with Crippen LogP contribution in [0.3, 0.4) is 0 Å². The van der Waals surface area contributed by atoms with Crippen LogP contribution in [0, 0.1) is 5.92 Å². The van der Waals surface area contributed by atoms with Crippen molar-refractivity contribution in [1.29, 1.82) is 0 Å². The maximum Gasteiger partial charge on any atom is 0.451 e. The lowest BCUT2D eigenvalue weighted by Crippen LogP contribution is -2.41. The fourth-order valence-electron chi connectivity index (χ4n) is 2.51. The van der Waals surface area contributed by atoms with Crippen LogP contribution in [0.1, 0.15) is 19.4 Å². The van der Waals surface area contributed by atoms with Crippen molar-refractivity contribution in [3.63, 3.8) is 0 Å².